The lowest BCUT2D eigenvalue weighted by molar-refractivity contribution is -0.113. The molecule has 4 rings (SSSR count). The molecule has 1 aromatic carbocycles. The molecule has 0 unspecified atom stereocenters. The Bertz CT molecular complexity index is 715. The minimum absolute atomic E-state index is 0.0848. The number of rotatable bonds is 3. The highest BCUT2D eigenvalue weighted by atomic mass is 16.5. The number of ether oxygens (including phenoxy) is 2. The first-order valence-electron chi connectivity index (χ1n) is 9.52. The van der Waals surface area contributed by atoms with Gasteiger partial charge in [0.15, 0.2) is 0 Å². The Morgan fingerprint density at radius 1 is 1.19 bits per heavy atom. The summed E-state index contributed by atoms with van der Waals surface area (Å²) >= 11 is 0. The van der Waals surface area contributed by atoms with E-state index in [1.54, 1.807) is 0 Å². The lowest BCUT2D eigenvalue weighted by Crippen LogP contribution is -2.42. The third-order valence-electron chi connectivity index (χ3n) is 5.10. The van der Waals surface area contributed by atoms with Crippen molar-refractivity contribution in [1.82, 2.24) is 5.32 Å². The van der Waals surface area contributed by atoms with Crippen molar-refractivity contribution in [2.24, 2.45) is 0 Å². The molecule has 3 aliphatic heterocycles. The molecule has 1 amide bonds. The minimum Gasteiger partial charge on any atom is -0.383 e. The van der Waals surface area contributed by atoms with Crippen molar-refractivity contribution in [2.75, 3.05) is 43.2 Å². The van der Waals surface area contributed by atoms with Gasteiger partial charge in [0.2, 0.25) is 0 Å². The van der Waals surface area contributed by atoms with Crippen molar-refractivity contribution in [3.05, 3.63) is 29.5 Å². The van der Waals surface area contributed by atoms with Gasteiger partial charge in [-0.05, 0) is 44.9 Å². The highest BCUT2D eigenvalue weighted by molar-refractivity contribution is 6.33. The number of morpholine rings is 1. The fourth-order valence-corrected chi connectivity index (χ4v) is 3.97. The van der Waals surface area contributed by atoms with E-state index in [1.807, 2.05) is 4.90 Å². The van der Waals surface area contributed by atoms with E-state index in [4.69, 9.17) is 9.47 Å². The summed E-state index contributed by atoms with van der Waals surface area (Å²) in [5, 5.41) is 6.82. The van der Waals surface area contributed by atoms with Crippen molar-refractivity contribution in [3.8, 4) is 0 Å². The molecule has 0 bridgehead atoms. The van der Waals surface area contributed by atoms with E-state index in [0.29, 0.717) is 32.5 Å². The summed E-state index contributed by atoms with van der Waals surface area (Å²) in [6.07, 6.45) is 1.76. The number of carbonyl (C=O) groups excluding carboxylic acids is 1. The van der Waals surface area contributed by atoms with Crippen LogP contribution in [0.4, 0.5) is 11.4 Å². The van der Waals surface area contributed by atoms with Gasteiger partial charge in [0.1, 0.15) is 0 Å². The SMILES string of the molecule is CC(C)Nc1ccc2c(c1)/C(=C1\COCCN1)C(=O)N2C1CCOCC1. The summed E-state index contributed by atoms with van der Waals surface area (Å²) in [6, 6.07) is 6.78. The zero-order valence-corrected chi connectivity index (χ0v) is 15.5. The minimum atomic E-state index is 0.0848. The van der Waals surface area contributed by atoms with Crippen molar-refractivity contribution < 1.29 is 14.3 Å². The van der Waals surface area contributed by atoms with E-state index in [-0.39, 0.29) is 11.9 Å². The molecular formula is C20H27N3O3. The Morgan fingerprint density at radius 2 is 2.00 bits per heavy atom. The van der Waals surface area contributed by atoms with Crippen LogP contribution in [-0.2, 0) is 14.3 Å². The fraction of sp³-hybridized carbons (Fsp3) is 0.550. The number of fused-ring (bicyclic) bond motifs is 1. The van der Waals surface area contributed by atoms with Crippen LogP contribution >= 0.6 is 0 Å². The second-order valence-electron chi connectivity index (χ2n) is 7.38. The van der Waals surface area contributed by atoms with Crippen molar-refractivity contribution >= 4 is 22.9 Å². The van der Waals surface area contributed by atoms with E-state index in [2.05, 4.69) is 42.7 Å². The van der Waals surface area contributed by atoms with Gasteiger partial charge < -0.3 is 25.0 Å². The van der Waals surface area contributed by atoms with E-state index >= 15 is 0 Å². The summed E-state index contributed by atoms with van der Waals surface area (Å²) in [5.41, 5.74) is 4.71. The van der Waals surface area contributed by atoms with Crippen LogP contribution in [0, 0.1) is 0 Å². The standard InChI is InChI=1S/C20H27N3O3/c1-13(2)22-14-3-4-18-16(11-14)19(17-12-26-10-7-21-17)20(24)23(18)15-5-8-25-9-6-15/h3-4,11,13,15,21-22H,5-10,12H2,1-2H3/b19-17-. The molecule has 0 saturated carbocycles. The van der Waals surface area contributed by atoms with Crippen LogP contribution in [0.25, 0.3) is 5.57 Å². The van der Waals surface area contributed by atoms with Gasteiger partial charge in [-0.2, -0.15) is 0 Å². The Kier molecular flexibility index (Phi) is 4.87. The van der Waals surface area contributed by atoms with Crippen LogP contribution in [0.1, 0.15) is 32.3 Å². The van der Waals surface area contributed by atoms with Crippen molar-refractivity contribution in [2.45, 2.75) is 38.8 Å². The van der Waals surface area contributed by atoms with Gasteiger partial charge in [0.25, 0.3) is 5.91 Å². The second-order valence-corrected chi connectivity index (χ2v) is 7.38. The first kappa shape index (κ1) is 17.4. The smallest absolute Gasteiger partial charge is 0.261 e. The molecule has 2 saturated heterocycles. The Labute approximate surface area is 154 Å². The highest BCUT2D eigenvalue weighted by Gasteiger charge is 2.39. The molecule has 0 aliphatic carbocycles. The van der Waals surface area contributed by atoms with Crippen LogP contribution in [0.2, 0.25) is 0 Å². The zero-order chi connectivity index (χ0) is 18.1. The molecule has 0 atom stereocenters. The van der Waals surface area contributed by atoms with E-state index in [9.17, 15) is 4.79 Å². The number of nitrogens with zero attached hydrogens (tertiary/aromatic N) is 1. The lowest BCUT2D eigenvalue weighted by atomic mass is 10.0. The van der Waals surface area contributed by atoms with Crippen LogP contribution in [0.15, 0.2) is 23.9 Å². The lowest BCUT2D eigenvalue weighted by Gasteiger charge is -2.31. The first-order chi connectivity index (χ1) is 12.6. The molecule has 0 aromatic heterocycles. The largest absolute Gasteiger partial charge is 0.383 e. The van der Waals surface area contributed by atoms with Gasteiger partial charge in [0, 0.05) is 43.1 Å². The molecule has 26 heavy (non-hydrogen) atoms. The van der Waals surface area contributed by atoms with Gasteiger partial charge in [-0.25, -0.2) is 0 Å². The number of nitrogens with one attached hydrogen (secondary N) is 2. The zero-order valence-electron chi connectivity index (χ0n) is 15.5. The predicted molar refractivity (Wildman–Crippen MR) is 102 cm³/mol. The summed E-state index contributed by atoms with van der Waals surface area (Å²) in [5.74, 6) is 0.0848. The molecule has 3 aliphatic rings. The summed E-state index contributed by atoms with van der Waals surface area (Å²) < 4.78 is 11.1. The quantitative estimate of drug-likeness (QED) is 0.813. The molecule has 3 heterocycles. The van der Waals surface area contributed by atoms with Crippen LogP contribution in [0.3, 0.4) is 0 Å². The Hall–Kier alpha value is -2.05. The van der Waals surface area contributed by atoms with Gasteiger partial charge in [0.05, 0.1) is 30.2 Å². The molecule has 1 aromatic rings. The second kappa shape index (κ2) is 7.29. The maximum Gasteiger partial charge on any atom is 0.261 e. The van der Waals surface area contributed by atoms with E-state index in [0.717, 1.165) is 47.6 Å². The summed E-state index contributed by atoms with van der Waals surface area (Å²) in [6.45, 7) is 7.53. The monoisotopic (exact) mass is 357 g/mol. The third-order valence-corrected chi connectivity index (χ3v) is 5.10. The maximum absolute atomic E-state index is 13.4. The van der Waals surface area contributed by atoms with Crippen molar-refractivity contribution in [3.63, 3.8) is 0 Å². The van der Waals surface area contributed by atoms with Crippen LogP contribution in [-0.4, -0.2) is 51.0 Å². The highest BCUT2D eigenvalue weighted by Crippen LogP contribution is 2.42. The Balaban J connectivity index is 1.77. The van der Waals surface area contributed by atoms with Gasteiger partial charge >= 0.3 is 0 Å². The van der Waals surface area contributed by atoms with E-state index < -0.39 is 0 Å². The third kappa shape index (κ3) is 3.19. The number of amides is 1. The predicted octanol–water partition coefficient (Wildman–Crippen LogP) is 2.36. The van der Waals surface area contributed by atoms with Crippen LogP contribution < -0.4 is 15.5 Å². The average molecular weight is 357 g/mol. The average Bonchev–Trinajstić information content (AvgIpc) is 2.94. The maximum atomic E-state index is 13.4. The molecule has 0 radical (unpaired) electrons. The van der Waals surface area contributed by atoms with E-state index in [1.165, 1.54) is 0 Å². The number of anilines is 2. The first-order valence-corrected chi connectivity index (χ1v) is 9.52. The molecule has 2 N–H and O–H groups in total. The number of hydrogen-bond acceptors (Lipinski definition) is 5. The summed E-state index contributed by atoms with van der Waals surface area (Å²) in [7, 11) is 0. The Morgan fingerprint density at radius 3 is 2.69 bits per heavy atom. The molecule has 0 spiro atoms. The molecule has 6 nitrogen and oxygen atoms in total. The fourth-order valence-electron chi connectivity index (χ4n) is 3.97. The normalized spacial score (nSPS) is 24.0. The molecule has 6 heteroatoms. The van der Waals surface area contributed by atoms with Gasteiger partial charge in [-0.3, -0.25) is 4.79 Å². The number of benzene rings is 1. The summed E-state index contributed by atoms with van der Waals surface area (Å²) in [4.78, 5) is 15.4. The van der Waals surface area contributed by atoms with Gasteiger partial charge in [-0.1, -0.05) is 0 Å². The van der Waals surface area contributed by atoms with Gasteiger partial charge in [-0.15, -0.1) is 0 Å². The number of carbonyl (C=O) groups is 1. The topological polar surface area (TPSA) is 62.8 Å². The molecular weight excluding hydrogens is 330 g/mol. The number of hydrogen-bond donors (Lipinski definition) is 2. The van der Waals surface area contributed by atoms with Crippen LogP contribution in [0.5, 0.6) is 0 Å². The van der Waals surface area contributed by atoms with Crippen molar-refractivity contribution in [1.29, 1.82) is 0 Å². The molecule has 2 fully saturated rings. The molecule has 140 valence electrons.